The van der Waals surface area contributed by atoms with Crippen molar-refractivity contribution < 1.29 is 28.6 Å². The molecule has 3 N–H and O–H groups in total. The van der Waals surface area contributed by atoms with Gasteiger partial charge in [0.05, 0.1) is 30.8 Å². The number of alkyl halides is 1. The molecule has 1 aliphatic rings. The number of hydrogen-bond acceptors (Lipinski definition) is 8. The first-order valence-corrected chi connectivity index (χ1v) is 14.4. The second-order valence-electron chi connectivity index (χ2n) is 10.6. The number of halogens is 1. The second kappa shape index (κ2) is 16.6. The molecule has 3 atom stereocenters. The molecule has 0 saturated carbocycles. The number of carbonyl (C=O) groups is 2. The zero-order chi connectivity index (χ0) is 30.5. The third kappa shape index (κ3) is 9.13. The molecule has 0 saturated heterocycles. The Bertz CT molecular complexity index is 1230. The van der Waals surface area contributed by atoms with Crippen LogP contribution in [0.3, 0.4) is 0 Å². The van der Waals surface area contributed by atoms with Crippen molar-refractivity contribution in [1.82, 2.24) is 15.2 Å². The number of pyridine rings is 1. The van der Waals surface area contributed by atoms with Crippen LogP contribution in [0.2, 0.25) is 0 Å². The minimum absolute atomic E-state index is 0.117. The maximum absolute atomic E-state index is 13.5. The van der Waals surface area contributed by atoms with Gasteiger partial charge in [-0.05, 0) is 75.8 Å². The molecule has 42 heavy (non-hydrogen) atoms. The molecule has 0 bridgehead atoms. The number of carboxylic acids is 1. The number of unbranched alkanes of at least 4 members (excludes halogenated alkanes) is 1. The minimum Gasteiger partial charge on any atom is -0.496 e. The number of nitrogens with zero attached hydrogens (tertiary/aromatic N) is 3. The number of aromatic nitrogens is 1. The van der Waals surface area contributed by atoms with Crippen LogP contribution >= 0.6 is 0 Å². The Morgan fingerprint density at radius 1 is 1.24 bits per heavy atom. The molecule has 2 heterocycles. The van der Waals surface area contributed by atoms with Gasteiger partial charge in [0, 0.05) is 38.0 Å². The highest BCUT2D eigenvalue weighted by Crippen LogP contribution is 2.30. The fraction of sp³-hybridized carbons (Fsp3) is 0.548. The molecular weight excluding hydrogens is 541 g/mol. The summed E-state index contributed by atoms with van der Waals surface area (Å²) < 4.78 is 24.1. The molecule has 0 spiro atoms. The number of rotatable bonds is 17. The molecule has 0 aliphatic carbocycles. The Hall–Kier alpha value is -3.75. The third-order valence-electron chi connectivity index (χ3n) is 7.66. The topological polar surface area (TPSA) is 137 Å². The number of ether oxygens (including phenoxy) is 2. The van der Waals surface area contributed by atoms with Crippen LogP contribution in [0.1, 0.15) is 60.9 Å². The fourth-order valence-electron chi connectivity index (χ4n) is 5.18. The van der Waals surface area contributed by atoms with Crippen LogP contribution in [0.4, 0.5) is 10.2 Å². The highest BCUT2D eigenvalue weighted by atomic mass is 19.1. The molecule has 2 aromatic rings. The highest BCUT2D eigenvalue weighted by Gasteiger charge is 2.28. The van der Waals surface area contributed by atoms with Crippen molar-refractivity contribution in [2.75, 3.05) is 52.4 Å². The van der Waals surface area contributed by atoms with Gasteiger partial charge in [-0.25, -0.2) is 14.2 Å². The van der Waals surface area contributed by atoms with Crippen LogP contribution in [0.5, 0.6) is 5.75 Å². The normalized spacial score (nSPS) is 14.7. The van der Waals surface area contributed by atoms with E-state index in [4.69, 9.17) is 14.5 Å². The van der Waals surface area contributed by atoms with Crippen molar-refractivity contribution in [3.8, 4) is 11.8 Å². The van der Waals surface area contributed by atoms with Gasteiger partial charge in [-0.15, -0.1) is 0 Å². The molecule has 11 heteroatoms. The van der Waals surface area contributed by atoms with E-state index in [1.54, 1.807) is 25.1 Å². The second-order valence-corrected chi connectivity index (χ2v) is 10.6. The molecule has 228 valence electrons. The van der Waals surface area contributed by atoms with Gasteiger partial charge in [0.15, 0.2) is 0 Å². The van der Waals surface area contributed by atoms with E-state index >= 15 is 0 Å². The average molecular weight is 584 g/mol. The predicted molar refractivity (Wildman–Crippen MR) is 158 cm³/mol. The summed E-state index contributed by atoms with van der Waals surface area (Å²) in [5.74, 6) is -1.16. The van der Waals surface area contributed by atoms with E-state index in [2.05, 4.69) is 28.8 Å². The van der Waals surface area contributed by atoms with Crippen LogP contribution in [0.15, 0.2) is 30.3 Å². The summed E-state index contributed by atoms with van der Waals surface area (Å²) in [4.78, 5) is 31.9. The van der Waals surface area contributed by atoms with Crippen molar-refractivity contribution in [3.63, 3.8) is 0 Å². The number of hydrogen-bond donors (Lipinski definition) is 3. The molecule has 3 rings (SSSR count). The number of amides is 1. The van der Waals surface area contributed by atoms with Crippen LogP contribution in [0.25, 0.3) is 0 Å². The molecule has 0 fully saturated rings. The number of aryl methyl sites for hydroxylation is 2. The van der Waals surface area contributed by atoms with Gasteiger partial charge in [0.2, 0.25) is 5.91 Å². The molecule has 1 amide bonds. The summed E-state index contributed by atoms with van der Waals surface area (Å²) in [6.45, 7) is 3.13. The maximum Gasteiger partial charge on any atom is 0.326 e. The Labute approximate surface area is 247 Å². The summed E-state index contributed by atoms with van der Waals surface area (Å²) in [6, 6.07) is 10.0. The van der Waals surface area contributed by atoms with E-state index in [0.717, 1.165) is 50.2 Å². The lowest BCUT2D eigenvalue weighted by molar-refractivity contribution is -0.142. The lowest BCUT2D eigenvalue weighted by atomic mass is 9.94. The van der Waals surface area contributed by atoms with Crippen molar-refractivity contribution >= 4 is 17.7 Å². The summed E-state index contributed by atoms with van der Waals surface area (Å²) >= 11 is 0. The highest BCUT2D eigenvalue weighted by molar-refractivity contribution is 5.89. The number of fused-ring (bicyclic) bond motifs is 1. The summed E-state index contributed by atoms with van der Waals surface area (Å²) in [5.41, 5.74) is 2.95. The Kier molecular flexibility index (Phi) is 13.0. The average Bonchev–Trinajstić information content (AvgIpc) is 3.01. The van der Waals surface area contributed by atoms with E-state index in [9.17, 15) is 24.3 Å². The molecule has 1 aromatic heterocycles. The fourth-order valence-corrected chi connectivity index (χ4v) is 5.18. The zero-order valence-electron chi connectivity index (χ0n) is 24.7. The number of carboxylic acid groups (broad SMARTS) is 1. The van der Waals surface area contributed by atoms with E-state index < -0.39 is 36.6 Å². The van der Waals surface area contributed by atoms with E-state index in [1.807, 2.05) is 4.90 Å². The molecule has 0 radical (unpaired) electrons. The monoisotopic (exact) mass is 583 g/mol. The Morgan fingerprint density at radius 3 is 2.74 bits per heavy atom. The smallest absolute Gasteiger partial charge is 0.326 e. The lowest BCUT2D eigenvalue weighted by Gasteiger charge is -2.27. The van der Waals surface area contributed by atoms with Crippen LogP contribution < -0.4 is 15.4 Å². The molecule has 1 aliphatic heterocycles. The van der Waals surface area contributed by atoms with Crippen molar-refractivity contribution in [2.24, 2.45) is 0 Å². The quantitative estimate of drug-likeness (QED) is 0.238. The van der Waals surface area contributed by atoms with Crippen molar-refractivity contribution in [1.29, 1.82) is 5.26 Å². The number of anilines is 1. The van der Waals surface area contributed by atoms with Gasteiger partial charge >= 0.3 is 5.97 Å². The molecule has 10 nitrogen and oxygen atoms in total. The predicted octanol–water partition coefficient (Wildman–Crippen LogP) is 3.69. The summed E-state index contributed by atoms with van der Waals surface area (Å²) in [7, 11) is 2.90. The number of carbonyl (C=O) groups excluding carboxylic acids is 1. The summed E-state index contributed by atoms with van der Waals surface area (Å²) in [6.07, 6.45) is 4.11. The van der Waals surface area contributed by atoms with Crippen LogP contribution in [-0.2, 0) is 27.2 Å². The van der Waals surface area contributed by atoms with Gasteiger partial charge in [-0.3, -0.25) is 4.79 Å². The van der Waals surface area contributed by atoms with Gasteiger partial charge in [0.25, 0.3) is 0 Å². The zero-order valence-corrected chi connectivity index (χ0v) is 24.7. The van der Waals surface area contributed by atoms with Gasteiger partial charge in [-0.1, -0.05) is 12.1 Å². The Balaban J connectivity index is 1.59. The van der Waals surface area contributed by atoms with Crippen molar-refractivity contribution in [3.05, 3.63) is 52.7 Å². The number of methoxy groups -OCH3 is 2. The first kappa shape index (κ1) is 32.8. The van der Waals surface area contributed by atoms with E-state index in [0.29, 0.717) is 30.9 Å². The minimum atomic E-state index is -1.17. The number of benzene rings is 1. The van der Waals surface area contributed by atoms with Crippen molar-refractivity contribution in [2.45, 2.75) is 63.5 Å². The van der Waals surface area contributed by atoms with Gasteiger partial charge in [-0.2, -0.15) is 5.26 Å². The van der Waals surface area contributed by atoms with Crippen LogP contribution in [0, 0.1) is 11.3 Å². The molecule has 1 aromatic carbocycles. The van der Waals surface area contributed by atoms with E-state index in [-0.39, 0.29) is 12.0 Å². The van der Waals surface area contributed by atoms with Crippen LogP contribution in [-0.4, -0.2) is 86.1 Å². The Morgan fingerprint density at radius 2 is 2.05 bits per heavy atom. The third-order valence-corrected chi connectivity index (χ3v) is 7.66. The molecular formula is C31H42FN5O5. The number of nitrogens with one attached hydrogen (secondary N) is 2. The number of nitriles is 1. The van der Waals surface area contributed by atoms with Gasteiger partial charge in [0.1, 0.15) is 24.3 Å². The first-order valence-electron chi connectivity index (χ1n) is 14.4. The number of aliphatic carboxylic acids is 1. The first-order chi connectivity index (χ1) is 20.3. The van der Waals surface area contributed by atoms with E-state index in [1.165, 1.54) is 19.8 Å². The van der Waals surface area contributed by atoms with Gasteiger partial charge < -0.3 is 30.1 Å². The maximum atomic E-state index is 13.5. The lowest BCUT2D eigenvalue weighted by Crippen LogP contribution is -2.45. The largest absolute Gasteiger partial charge is 0.496 e. The molecule has 0 unspecified atom stereocenters. The standard InChI is InChI=1S/C31H42FN5O5/c1-21(28-23(19-33)8-6-11-27(28)42-3)30(38)36-26(31(39)40)14-17-37(20-25(18-32)41-2)16-5-4-10-24-13-12-22-9-7-15-34-29(22)35-24/h6,8,11-13,21,25-26H,4-5,7,9-10,14-18,20H2,1-3H3,(H,34,35)(H,36,38)(H,39,40)/t21-,25+,26-/m0/s1. The SMILES string of the molecule is COc1cccc(C#N)c1[C@H](C)C(=O)N[C@@H](CCN(CCCCc1ccc2c(n1)NCCC2)C[C@@H](CF)OC)C(=O)O. The summed E-state index contributed by atoms with van der Waals surface area (Å²) in [5, 5.41) is 25.4.